The van der Waals surface area contributed by atoms with Crippen molar-refractivity contribution in [1.82, 2.24) is 5.32 Å². The number of hydrogen-bond acceptors (Lipinski definition) is 2. The summed E-state index contributed by atoms with van der Waals surface area (Å²) in [5.41, 5.74) is 3.84. The van der Waals surface area contributed by atoms with Gasteiger partial charge in [0.05, 0.1) is 0 Å². The highest BCUT2D eigenvalue weighted by atomic mass is 35.5. The van der Waals surface area contributed by atoms with E-state index in [1.807, 2.05) is 0 Å². The van der Waals surface area contributed by atoms with Crippen LogP contribution in [-0.4, -0.2) is 19.8 Å². The van der Waals surface area contributed by atoms with E-state index in [1.165, 1.54) is 16.7 Å². The molecule has 1 atom stereocenters. The second-order valence-electron chi connectivity index (χ2n) is 5.84. The van der Waals surface area contributed by atoms with E-state index in [2.05, 4.69) is 38.2 Å². The fourth-order valence-corrected chi connectivity index (χ4v) is 3.26. The van der Waals surface area contributed by atoms with Gasteiger partial charge in [0.1, 0.15) is 0 Å². The van der Waals surface area contributed by atoms with Crippen molar-refractivity contribution in [2.45, 2.75) is 46.1 Å². The van der Waals surface area contributed by atoms with Gasteiger partial charge in [-0.25, -0.2) is 0 Å². The molecule has 3 heteroatoms. The Morgan fingerprint density at radius 2 is 1.90 bits per heavy atom. The lowest BCUT2D eigenvalue weighted by Crippen LogP contribution is -2.33. The molecular weight excluding hydrogens is 270 g/mol. The summed E-state index contributed by atoms with van der Waals surface area (Å²) >= 11 is 6.52. The van der Waals surface area contributed by atoms with Crippen LogP contribution >= 0.6 is 11.6 Å². The molecule has 1 aromatic rings. The third-order valence-electron chi connectivity index (χ3n) is 4.30. The molecule has 1 N–H and O–H groups in total. The summed E-state index contributed by atoms with van der Waals surface area (Å²) in [4.78, 5) is 0. The molecule has 0 radical (unpaired) electrons. The Kier molecular flexibility index (Phi) is 5.88. The number of ether oxygens (including phenoxy) is 1. The van der Waals surface area contributed by atoms with Crippen molar-refractivity contribution in [2.24, 2.45) is 5.92 Å². The predicted octanol–water partition coefficient (Wildman–Crippen LogP) is 4.42. The van der Waals surface area contributed by atoms with Gasteiger partial charge in [0, 0.05) is 24.3 Å². The summed E-state index contributed by atoms with van der Waals surface area (Å²) in [6, 6.07) is 4.72. The molecule has 0 aromatic heterocycles. The number of aryl methyl sites for hydroxylation is 2. The van der Waals surface area contributed by atoms with E-state index in [0.29, 0.717) is 12.0 Å². The molecule has 1 unspecified atom stereocenters. The Labute approximate surface area is 127 Å². The normalized spacial score (nSPS) is 18.2. The summed E-state index contributed by atoms with van der Waals surface area (Å²) in [6.45, 7) is 9.26. The van der Waals surface area contributed by atoms with Crippen LogP contribution in [0.3, 0.4) is 0 Å². The van der Waals surface area contributed by atoms with Crippen molar-refractivity contribution >= 4 is 11.6 Å². The fourth-order valence-electron chi connectivity index (χ4n) is 2.92. The monoisotopic (exact) mass is 295 g/mol. The summed E-state index contributed by atoms with van der Waals surface area (Å²) in [6.07, 6.45) is 3.37. The molecular formula is C17H26ClNO. The highest BCUT2D eigenvalue weighted by Gasteiger charge is 2.26. The SMILES string of the molecule is CCCNC(c1cc(C)c(C)cc1Cl)C1CCOCC1. The molecule has 1 fully saturated rings. The van der Waals surface area contributed by atoms with Gasteiger partial charge in [0.2, 0.25) is 0 Å². The summed E-state index contributed by atoms with van der Waals surface area (Å²) in [7, 11) is 0. The van der Waals surface area contributed by atoms with E-state index in [4.69, 9.17) is 16.3 Å². The van der Waals surface area contributed by atoms with Crippen molar-refractivity contribution in [3.8, 4) is 0 Å². The fraction of sp³-hybridized carbons (Fsp3) is 0.647. The standard InChI is InChI=1S/C17H26ClNO/c1-4-7-19-17(14-5-8-20-9-6-14)15-10-12(2)13(3)11-16(15)18/h10-11,14,17,19H,4-9H2,1-3H3. The zero-order valence-corrected chi connectivity index (χ0v) is 13.6. The van der Waals surface area contributed by atoms with Crippen molar-refractivity contribution in [3.05, 3.63) is 33.8 Å². The lowest BCUT2D eigenvalue weighted by Gasteiger charge is -2.32. The first kappa shape index (κ1) is 15.8. The molecule has 1 aromatic carbocycles. The van der Waals surface area contributed by atoms with E-state index in [-0.39, 0.29) is 0 Å². The first-order valence-electron chi connectivity index (χ1n) is 7.71. The number of hydrogen-bond donors (Lipinski definition) is 1. The predicted molar refractivity (Wildman–Crippen MR) is 85.5 cm³/mol. The maximum Gasteiger partial charge on any atom is 0.0469 e. The van der Waals surface area contributed by atoms with Gasteiger partial charge in [-0.2, -0.15) is 0 Å². The lowest BCUT2D eigenvalue weighted by atomic mass is 9.86. The van der Waals surface area contributed by atoms with Crippen molar-refractivity contribution in [1.29, 1.82) is 0 Å². The largest absolute Gasteiger partial charge is 0.381 e. The molecule has 0 spiro atoms. The molecule has 0 aliphatic carbocycles. The van der Waals surface area contributed by atoms with Gasteiger partial charge in [0.15, 0.2) is 0 Å². The van der Waals surface area contributed by atoms with Crippen LogP contribution in [0.4, 0.5) is 0 Å². The first-order chi connectivity index (χ1) is 9.63. The maximum atomic E-state index is 6.52. The average Bonchev–Trinajstić information content (AvgIpc) is 2.45. The van der Waals surface area contributed by atoms with Crippen molar-refractivity contribution in [3.63, 3.8) is 0 Å². The third-order valence-corrected chi connectivity index (χ3v) is 4.63. The van der Waals surface area contributed by atoms with Crippen LogP contribution in [0.5, 0.6) is 0 Å². The van der Waals surface area contributed by atoms with E-state index in [0.717, 1.165) is 44.0 Å². The van der Waals surface area contributed by atoms with Crippen molar-refractivity contribution in [2.75, 3.05) is 19.8 Å². The Bertz CT molecular complexity index is 441. The second-order valence-corrected chi connectivity index (χ2v) is 6.25. The molecule has 2 nitrogen and oxygen atoms in total. The van der Waals surface area contributed by atoms with E-state index in [9.17, 15) is 0 Å². The third kappa shape index (κ3) is 3.75. The van der Waals surface area contributed by atoms with E-state index >= 15 is 0 Å². The minimum Gasteiger partial charge on any atom is -0.381 e. The molecule has 0 saturated carbocycles. The molecule has 1 aliphatic rings. The van der Waals surface area contributed by atoms with Crippen LogP contribution in [0.1, 0.15) is 48.9 Å². The number of benzene rings is 1. The van der Waals surface area contributed by atoms with E-state index in [1.54, 1.807) is 0 Å². The Hall–Kier alpha value is -0.570. The quantitative estimate of drug-likeness (QED) is 0.868. The highest BCUT2D eigenvalue weighted by Crippen LogP contribution is 2.35. The van der Waals surface area contributed by atoms with Crippen LogP contribution in [0.25, 0.3) is 0 Å². The zero-order chi connectivity index (χ0) is 14.5. The molecule has 1 aliphatic heterocycles. The smallest absolute Gasteiger partial charge is 0.0469 e. The van der Waals surface area contributed by atoms with Gasteiger partial charge in [-0.3, -0.25) is 0 Å². The van der Waals surface area contributed by atoms with Gasteiger partial charge in [-0.1, -0.05) is 24.6 Å². The number of nitrogens with one attached hydrogen (secondary N) is 1. The van der Waals surface area contributed by atoms with Gasteiger partial charge < -0.3 is 10.1 Å². The minimum atomic E-state index is 0.352. The van der Waals surface area contributed by atoms with Crippen LogP contribution < -0.4 is 5.32 Å². The molecule has 1 saturated heterocycles. The first-order valence-corrected chi connectivity index (χ1v) is 8.09. The molecule has 20 heavy (non-hydrogen) atoms. The molecule has 1 heterocycles. The van der Waals surface area contributed by atoms with Crippen LogP contribution in [0.15, 0.2) is 12.1 Å². The average molecular weight is 296 g/mol. The number of halogens is 1. The summed E-state index contributed by atoms with van der Waals surface area (Å²) in [5, 5.41) is 4.60. The van der Waals surface area contributed by atoms with Crippen molar-refractivity contribution < 1.29 is 4.74 Å². The van der Waals surface area contributed by atoms with Crippen LogP contribution in [0.2, 0.25) is 5.02 Å². The highest BCUT2D eigenvalue weighted by molar-refractivity contribution is 6.31. The minimum absolute atomic E-state index is 0.352. The summed E-state index contributed by atoms with van der Waals surface area (Å²) < 4.78 is 5.50. The van der Waals surface area contributed by atoms with Gasteiger partial charge in [-0.15, -0.1) is 0 Å². The number of rotatable bonds is 5. The molecule has 2 rings (SSSR count). The second kappa shape index (κ2) is 7.44. The zero-order valence-electron chi connectivity index (χ0n) is 12.8. The molecule has 0 bridgehead atoms. The van der Waals surface area contributed by atoms with Crippen LogP contribution in [-0.2, 0) is 4.74 Å². The van der Waals surface area contributed by atoms with Gasteiger partial charge in [-0.05, 0) is 68.3 Å². The van der Waals surface area contributed by atoms with Gasteiger partial charge >= 0.3 is 0 Å². The Morgan fingerprint density at radius 3 is 2.55 bits per heavy atom. The Balaban J connectivity index is 2.27. The summed E-state index contributed by atoms with van der Waals surface area (Å²) in [5.74, 6) is 0.620. The molecule has 0 amide bonds. The van der Waals surface area contributed by atoms with Gasteiger partial charge in [0.25, 0.3) is 0 Å². The topological polar surface area (TPSA) is 21.3 Å². The van der Waals surface area contributed by atoms with Crippen LogP contribution in [0, 0.1) is 19.8 Å². The lowest BCUT2D eigenvalue weighted by molar-refractivity contribution is 0.0536. The molecule has 112 valence electrons. The maximum absolute atomic E-state index is 6.52. The van der Waals surface area contributed by atoms with E-state index < -0.39 is 0 Å². The Morgan fingerprint density at radius 1 is 1.25 bits per heavy atom.